The van der Waals surface area contributed by atoms with E-state index in [1.54, 1.807) is 50.4 Å². The second-order valence-corrected chi connectivity index (χ2v) is 21.9. The smallest absolute Gasteiger partial charge is 0.0798 e. The minimum atomic E-state index is -2.47. The van der Waals surface area contributed by atoms with Crippen LogP contribution < -0.4 is 5.19 Å². The average Bonchev–Trinajstić information content (AvgIpc) is 3.54. The van der Waals surface area contributed by atoms with Crippen LogP contribution in [0.1, 0.15) is 72.0 Å². The van der Waals surface area contributed by atoms with E-state index in [2.05, 4.69) is 84.2 Å². The molecule has 0 fully saturated rings. The third-order valence-electron chi connectivity index (χ3n) is 8.60. The van der Waals surface area contributed by atoms with Crippen molar-refractivity contribution in [3.8, 4) is 22.5 Å². The van der Waals surface area contributed by atoms with E-state index in [4.69, 9.17) is 9.60 Å². The van der Waals surface area contributed by atoms with Gasteiger partial charge in [-0.15, -0.1) is 53.6 Å². The summed E-state index contributed by atoms with van der Waals surface area (Å²) in [4.78, 5) is 8.92. The maximum Gasteiger partial charge on any atom is 0.0798 e. The molecule has 7 rings (SSSR count). The van der Waals surface area contributed by atoms with Crippen LogP contribution >= 0.6 is 11.3 Å². The van der Waals surface area contributed by atoms with E-state index in [-0.39, 0.29) is 43.0 Å². The Morgan fingerprint density at radius 3 is 2.17 bits per heavy atom. The summed E-state index contributed by atoms with van der Waals surface area (Å²) in [6.45, 7) is 13.2. The van der Waals surface area contributed by atoms with Gasteiger partial charge >= 0.3 is 0 Å². The quantitative estimate of drug-likeness (QED) is 0.112. The number of hydrogen-bond donors (Lipinski definition) is 0. The van der Waals surface area contributed by atoms with Crippen LogP contribution in [-0.2, 0) is 39.3 Å². The average molecular weight is 934 g/mol. The van der Waals surface area contributed by atoms with E-state index >= 15 is 0 Å². The maximum atomic E-state index is 13.5. The summed E-state index contributed by atoms with van der Waals surface area (Å²) in [5.74, 6) is -0.507. The van der Waals surface area contributed by atoms with E-state index in [1.165, 1.54) is 40.2 Å². The molecule has 2 nitrogen and oxygen atoms in total. The summed E-state index contributed by atoms with van der Waals surface area (Å²) < 4.78 is 74.3. The molecule has 0 saturated carbocycles. The van der Waals surface area contributed by atoms with Crippen molar-refractivity contribution in [1.29, 1.82) is 0 Å². The zero-order chi connectivity index (χ0) is 44.0. The molecule has 1 radical (unpaired) electrons. The molecule has 0 N–H and O–H groups in total. The Morgan fingerprint density at radius 1 is 0.815 bits per heavy atom. The number of thiophene rings is 1. The SMILES string of the molecule is [2H]C([2H])([2H])c1cnc(-c2[c-]cc3sc4ccc(Cc5ccccc5)cc4c3c2)cc1C([2H])([2H])C(C)(C)C.[2H]C([2H])(c1cc(-c2[c-]ccc(F)c2)ncc1[Si](C)(C)C)C(C)C.[Ir]. The van der Waals surface area contributed by atoms with Crippen molar-refractivity contribution in [3.63, 3.8) is 0 Å². The molecule has 0 saturated heterocycles. The topological polar surface area (TPSA) is 25.8 Å². The summed E-state index contributed by atoms with van der Waals surface area (Å²) in [5.41, 5.74) is 4.79. The minimum absolute atomic E-state index is 0. The number of hydrogen-bond acceptors (Lipinski definition) is 3. The van der Waals surface area contributed by atoms with E-state index < -0.39 is 33.1 Å². The van der Waals surface area contributed by atoms with E-state index in [1.807, 2.05) is 32.0 Å². The Labute approximate surface area is 350 Å². The number of aromatic nitrogens is 2. The van der Waals surface area contributed by atoms with Gasteiger partial charge in [-0.2, -0.15) is 11.3 Å². The zero-order valence-electron chi connectivity index (χ0n) is 39.1. The van der Waals surface area contributed by atoms with E-state index in [0.717, 1.165) is 27.1 Å². The number of fused-ring (bicyclic) bond motifs is 3. The first kappa shape index (κ1) is 32.4. The Bertz CT molecular complexity index is 2650. The predicted octanol–water partition coefficient (Wildman–Crippen LogP) is 12.8. The second-order valence-electron chi connectivity index (χ2n) is 15.8. The third-order valence-corrected chi connectivity index (χ3v) is 11.8. The van der Waals surface area contributed by atoms with Gasteiger partial charge in [0.05, 0.1) is 8.07 Å². The summed E-state index contributed by atoms with van der Waals surface area (Å²) in [6, 6.07) is 34.8. The van der Waals surface area contributed by atoms with Crippen LogP contribution in [0.3, 0.4) is 0 Å². The molecule has 0 amide bonds. The van der Waals surface area contributed by atoms with Gasteiger partial charge in [-0.25, -0.2) is 4.39 Å². The first-order valence-corrected chi connectivity index (χ1v) is 22.3. The second kappa shape index (κ2) is 17.3. The van der Waals surface area contributed by atoms with Crippen molar-refractivity contribution >= 4 is 44.8 Å². The molecule has 0 aliphatic rings. The molecule has 0 aliphatic carbocycles. The van der Waals surface area contributed by atoms with Crippen molar-refractivity contribution in [2.24, 2.45) is 11.3 Å². The van der Waals surface area contributed by atoms with Gasteiger partial charge in [-0.3, -0.25) is 0 Å². The Morgan fingerprint density at radius 2 is 1.50 bits per heavy atom. The normalized spacial score (nSPS) is 14.4. The third kappa shape index (κ3) is 10.5. The number of nitrogens with zero attached hydrogens (tertiary/aromatic N) is 2. The standard InChI is InChI=1S/C30H28NS.C18H23FNSi.Ir/c1-20-19-31-27(17-24(20)18-30(2,3)4)23-11-13-29-26(16-23)25-15-22(10-12-28(25)32-29)14-21-8-6-5-7-9-21;1-13(2)9-15-11-17(14-7-6-8-16(19)10-14)20-12-18(15)21(3,4)5;/h5-10,12-13,15-17,19H,14,18H2,1-4H3;6,8,10-13H,9H2,1-5H3;/q2*-1;/i1D3,18D2;9D2;. The van der Waals surface area contributed by atoms with Crippen LogP contribution in [0.4, 0.5) is 4.39 Å². The molecule has 0 bridgehead atoms. The van der Waals surface area contributed by atoms with Gasteiger partial charge in [0.15, 0.2) is 0 Å². The van der Waals surface area contributed by atoms with Crippen molar-refractivity contribution in [3.05, 3.63) is 149 Å². The molecule has 0 atom stereocenters. The summed E-state index contributed by atoms with van der Waals surface area (Å²) in [5, 5.41) is 3.26. The van der Waals surface area contributed by atoms with Crippen molar-refractivity contribution in [1.82, 2.24) is 9.97 Å². The van der Waals surface area contributed by atoms with Gasteiger partial charge in [-0.05, 0) is 86.8 Å². The van der Waals surface area contributed by atoms with E-state index in [0.29, 0.717) is 28.1 Å². The first-order valence-electron chi connectivity index (χ1n) is 21.5. The fourth-order valence-corrected chi connectivity index (χ4v) is 8.64. The molecular formula is C48H51FIrN2SSi-2. The van der Waals surface area contributed by atoms with Crippen LogP contribution in [0.5, 0.6) is 0 Å². The summed E-state index contributed by atoms with van der Waals surface area (Å²) >= 11 is 1.71. The van der Waals surface area contributed by atoms with Crippen molar-refractivity contribution in [2.75, 3.05) is 0 Å². The van der Waals surface area contributed by atoms with Crippen LogP contribution in [0.25, 0.3) is 42.7 Å². The molecule has 0 aliphatic heterocycles. The van der Waals surface area contributed by atoms with Crippen molar-refractivity contribution in [2.45, 2.75) is 80.3 Å². The van der Waals surface area contributed by atoms with Crippen LogP contribution in [-0.4, -0.2) is 18.0 Å². The van der Waals surface area contributed by atoms with Crippen LogP contribution in [0.15, 0.2) is 103 Å². The number of rotatable bonds is 8. The number of pyridine rings is 2. The number of aryl methyl sites for hydroxylation is 1. The predicted molar refractivity (Wildman–Crippen MR) is 229 cm³/mol. The summed E-state index contributed by atoms with van der Waals surface area (Å²) in [7, 11) is -1.76. The molecule has 281 valence electrons. The Balaban J connectivity index is 0.000000253. The van der Waals surface area contributed by atoms with Crippen LogP contribution in [0, 0.1) is 36.1 Å². The number of benzene rings is 4. The van der Waals surface area contributed by atoms with E-state index in [9.17, 15) is 4.39 Å². The molecule has 3 heterocycles. The Kier molecular flexibility index (Phi) is 10.4. The van der Waals surface area contributed by atoms with Gasteiger partial charge in [0.1, 0.15) is 0 Å². The fraction of sp³-hybridized carbons (Fsp3) is 0.292. The molecule has 6 heteroatoms. The molecule has 7 aromatic rings. The van der Waals surface area contributed by atoms with Gasteiger partial charge < -0.3 is 9.97 Å². The van der Waals surface area contributed by atoms with Gasteiger partial charge in [0.2, 0.25) is 0 Å². The molecule has 0 spiro atoms. The number of halogens is 1. The molecule has 54 heavy (non-hydrogen) atoms. The fourth-order valence-electron chi connectivity index (χ4n) is 6.19. The monoisotopic (exact) mass is 934 g/mol. The molecule has 3 aromatic heterocycles. The van der Waals surface area contributed by atoms with Gasteiger partial charge in [0, 0.05) is 52.6 Å². The molecule has 0 unspecified atom stereocenters. The van der Waals surface area contributed by atoms with Gasteiger partial charge in [0.25, 0.3) is 0 Å². The molecular weight excluding hydrogens is 876 g/mol. The maximum absolute atomic E-state index is 13.5. The molecule has 4 aromatic carbocycles. The Hall–Kier alpha value is -3.80. The summed E-state index contributed by atoms with van der Waals surface area (Å²) in [6.07, 6.45) is 0.600. The van der Waals surface area contributed by atoms with Crippen molar-refractivity contribution < 1.29 is 34.1 Å². The van der Waals surface area contributed by atoms with Crippen LogP contribution in [0.2, 0.25) is 19.6 Å². The minimum Gasteiger partial charge on any atom is -0.305 e. The van der Waals surface area contributed by atoms with Gasteiger partial charge in [-0.1, -0.05) is 125 Å². The first-order chi connectivity index (χ1) is 27.9. The zero-order valence-corrected chi connectivity index (χ0v) is 36.3. The largest absolute Gasteiger partial charge is 0.305 e.